The Morgan fingerprint density at radius 1 is 0.962 bits per heavy atom. The summed E-state index contributed by atoms with van der Waals surface area (Å²) in [7, 11) is 0. The fraction of sp³-hybridized carbons (Fsp3) is 0.143. The summed E-state index contributed by atoms with van der Waals surface area (Å²) in [6, 6.07) is 21.4. The molecule has 1 unspecified atom stereocenters. The van der Waals surface area contributed by atoms with Crippen molar-refractivity contribution in [3.8, 4) is 0 Å². The molecule has 0 spiro atoms. The molecule has 3 rings (SSSR count). The van der Waals surface area contributed by atoms with Crippen molar-refractivity contribution in [1.29, 1.82) is 0 Å². The van der Waals surface area contributed by atoms with Crippen LogP contribution in [0.4, 0.5) is 0 Å². The Labute approximate surface area is 157 Å². The number of pyridine rings is 1. The predicted octanol–water partition coefficient (Wildman–Crippen LogP) is 4.03. The number of hydrogen-bond donors (Lipinski definition) is 1. The molecule has 0 N–H and O–H groups in total. The number of thiol groups is 1. The molecule has 0 bridgehead atoms. The highest BCUT2D eigenvalue weighted by atomic mass is 32.1. The van der Waals surface area contributed by atoms with Gasteiger partial charge in [-0.15, -0.1) is 12.6 Å². The van der Waals surface area contributed by atoms with Crippen molar-refractivity contribution < 1.29 is 9.53 Å². The summed E-state index contributed by atoms with van der Waals surface area (Å²) in [6.45, 7) is 1.65. The van der Waals surface area contributed by atoms with Gasteiger partial charge in [0.2, 0.25) is 0 Å². The summed E-state index contributed by atoms with van der Waals surface area (Å²) in [6.07, 6.45) is 1.02. The first-order valence-corrected chi connectivity index (χ1v) is 8.72. The second-order valence-corrected chi connectivity index (χ2v) is 6.46. The maximum Gasteiger partial charge on any atom is 0.329 e. The van der Waals surface area contributed by atoms with E-state index < -0.39 is 18.1 Å². The lowest BCUT2D eigenvalue weighted by atomic mass is 10.0. The van der Waals surface area contributed by atoms with Crippen molar-refractivity contribution in [3.05, 3.63) is 100 Å². The molecular weight excluding hydrogens is 346 g/mol. The normalized spacial score (nSPS) is 12.0. The first-order valence-electron chi connectivity index (χ1n) is 8.28. The number of aromatic nitrogens is 1. The zero-order chi connectivity index (χ0) is 18.5. The van der Waals surface area contributed by atoms with Gasteiger partial charge in [0.15, 0.2) is 6.10 Å². The third-order valence-corrected chi connectivity index (χ3v) is 4.41. The number of hydrogen-bond acceptors (Lipinski definition) is 4. The molecule has 0 aliphatic carbocycles. The number of carbonyl (C=O) groups excluding carboxylic acids is 1. The second kappa shape index (κ2) is 8.06. The van der Waals surface area contributed by atoms with E-state index in [9.17, 15) is 9.59 Å². The molecule has 0 aliphatic heterocycles. The van der Waals surface area contributed by atoms with Crippen molar-refractivity contribution in [2.75, 3.05) is 0 Å². The minimum Gasteiger partial charge on any atom is -0.451 e. The lowest BCUT2D eigenvalue weighted by Gasteiger charge is -2.22. The summed E-state index contributed by atoms with van der Waals surface area (Å²) >= 11 is 4.14. The SMILES string of the molecule is CC(C(=O)OC(c1ccccc1)c1ccccc1)n1ccc(S)cc1=O. The predicted molar refractivity (Wildman–Crippen MR) is 103 cm³/mol. The molecule has 4 nitrogen and oxygen atoms in total. The third-order valence-electron chi connectivity index (χ3n) is 4.13. The molecule has 0 saturated heterocycles. The van der Waals surface area contributed by atoms with Gasteiger partial charge in [0.05, 0.1) is 0 Å². The van der Waals surface area contributed by atoms with Crippen LogP contribution in [0.25, 0.3) is 0 Å². The van der Waals surface area contributed by atoms with E-state index >= 15 is 0 Å². The van der Waals surface area contributed by atoms with E-state index in [0.29, 0.717) is 4.90 Å². The standard InChI is InChI=1S/C21H19NO3S/c1-15(22-13-12-18(26)14-19(22)23)21(24)25-20(16-8-4-2-5-9-16)17-10-6-3-7-11-17/h2-15,20,26H,1H3. The van der Waals surface area contributed by atoms with Crippen LogP contribution in [0.3, 0.4) is 0 Å². The van der Waals surface area contributed by atoms with Gasteiger partial charge in [0.25, 0.3) is 5.56 Å². The highest BCUT2D eigenvalue weighted by Crippen LogP contribution is 2.27. The molecule has 0 amide bonds. The number of nitrogens with zero attached hydrogens (tertiary/aromatic N) is 1. The van der Waals surface area contributed by atoms with Gasteiger partial charge in [-0.3, -0.25) is 4.79 Å². The first-order chi connectivity index (χ1) is 12.6. The van der Waals surface area contributed by atoms with E-state index in [1.54, 1.807) is 19.2 Å². The maximum absolute atomic E-state index is 12.7. The molecule has 3 aromatic rings. The van der Waals surface area contributed by atoms with Crippen molar-refractivity contribution >= 4 is 18.6 Å². The summed E-state index contributed by atoms with van der Waals surface area (Å²) in [5.74, 6) is -0.475. The van der Waals surface area contributed by atoms with Gasteiger partial charge >= 0.3 is 5.97 Å². The largest absolute Gasteiger partial charge is 0.451 e. The Bertz CT molecular complexity index is 899. The quantitative estimate of drug-likeness (QED) is 0.549. The molecule has 0 fully saturated rings. The monoisotopic (exact) mass is 365 g/mol. The maximum atomic E-state index is 12.7. The number of benzene rings is 2. The van der Waals surface area contributed by atoms with Crippen LogP contribution in [0.5, 0.6) is 0 Å². The van der Waals surface area contributed by atoms with Crippen LogP contribution in [0, 0.1) is 0 Å². The van der Waals surface area contributed by atoms with Crippen LogP contribution >= 0.6 is 12.6 Å². The van der Waals surface area contributed by atoms with Crippen LogP contribution in [0.1, 0.15) is 30.2 Å². The molecule has 1 aromatic heterocycles. The molecule has 0 aliphatic rings. The van der Waals surface area contributed by atoms with Gasteiger partial charge in [-0.1, -0.05) is 60.7 Å². The fourth-order valence-corrected chi connectivity index (χ4v) is 2.89. The van der Waals surface area contributed by atoms with Crippen LogP contribution < -0.4 is 5.56 Å². The summed E-state index contributed by atoms with van der Waals surface area (Å²) < 4.78 is 7.15. The van der Waals surface area contributed by atoms with E-state index in [-0.39, 0.29) is 5.56 Å². The van der Waals surface area contributed by atoms with Gasteiger partial charge < -0.3 is 9.30 Å². The Balaban J connectivity index is 1.89. The summed E-state index contributed by atoms with van der Waals surface area (Å²) in [5, 5.41) is 0. The van der Waals surface area contributed by atoms with Gasteiger partial charge in [0, 0.05) is 17.2 Å². The zero-order valence-electron chi connectivity index (χ0n) is 14.3. The summed E-state index contributed by atoms with van der Waals surface area (Å²) in [4.78, 5) is 25.4. The lowest BCUT2D eigenvalue weighted by molar-refractivity contribution is -0.151. The van der Waals surface area contributed by atoms with Crippen LogP contribution in [-0.2, 0) is 9.53 Å². The smallest absolute Gasteiger partial charge is 0.329 e. The van der Waals surface area contributed by atoms with E-state index in [1.807, 2.05) is 60.7 Å². The van der Waals surface area contributed by atoms with Crippen molar-refractivity contribution in [2.45, 2.75) is 24.0 Å². The number of carbonyl (C=O) groups is 1. The molecule has 26 heavy (non-hydrogen) atoms. The molecule has 5 heteroatoms. The Morgan fingerprint density at radius 3 is 2.00 bits per heavy atom. The fourth-order valence-electron chi connectivity index (χ4n) is 2.71. The van der Waals surface area contributed by atoms with Gasteiger partial charge in [-0.05, 0) is 24.1 Å². The average Bonchev–Trinajstić information content (AvgIpc) is 2.67. The topological polar surface area (TPSA) is 48.3 Å². The molecular formula is C21H19NO3S. The van der Waals surface area contributed by atoms with E-state index in [4.69, 9.17) is 4.74 Å². The average molecular weight is 365 g/mol. The van der Waals surface area contributed by atoms with Crippen molar-refractivity contribution in [3.63, 3.8) is 0 Å². The molecule has 0 radical (unpaired) electrons. The van der Waals surface area contributed by atoms with E-state index in [0.717, 1.165) is 11.1 Å². The van der Waals surface area contributed by atoms with Crippen LogP contribution in [0.15, 0.2) is 88.7 Å². The van der Waals surface area contributed by atoms with Crippen LogP contribution in [-0.4, -0.2) is 10.5 Å². The van der Waals surface area contributed by atoms with Crippen LogP contribution in [0.2, 0.25) is 0 Å². The molecule has 1 heterocycles. The molecule has 0 saturated carbocycles. The van der Waals surface area contributed by atoms with Crippen molar-refractivity contribution in [1.82, 2.24) is 4.57 Å². The molecule has 132 valence electrons. The Kier molecular flexibility index (Phi) is 5.58. The Hall–Kier alpha value is -2.79. The third kappa shape index (κ3) is 4.06. The minimum absolute atomic E-state index is 0.294. The minimum atomic E-state index is -0.744. The summed E-state index contributed by atoms with van der Waals surface area (Å²) in [5.41, 5.74) is 1.45. The van der Waals surface area contributed by atoms with E-state index in [1.165, 1.54) is 10.6 Å². The van der Waals surface area contributed by atoms with E-state index in [2.05, 4.69) is 12.6 Å². The first kappa shape index (κ1) is 18.0. The lowest BCUT2D eigenvalue weighted by Crippen LogP contribution is -2.29. The molecule has 2 aromatic carbocycles. The zero-order valence-corrected chi connectivity index (χ0v) is 15.2. The van der Waals surface area contributed by atoms with Crippen molar-refractivity contribution in [2.24, 2.45) is 0 Å². The Morgan fingerprint density at radius 2 is 1.50 bits per heavy atom. The highest BCUT2D eigenvalue weighted by Gasteiger charge is 2.24. The highest BCUT2D eigenvalue weighted by molar-refractivity contribution is 7.80. The number of rotatable bonds is 5. The second-order valence-electron chi connectivity index (χ2n) is 5.94. The number of esters is 1. The number of ether oxygens (including phenoxy) is 1. The molecule has 1 atom stereocenters. The van der Waals surface area contributed by atoms with Gasteiger partial charge in [-0.2, -0.15) is 0 Å². The van der Waals surface area contributed by atoms with Gasteiger partial charge in [0.1, 0.15) is 6.04 Å². The van der Waals surface area contributed by atoms with Gasteiger partial charge in [-0.25, -0.2) is 4.79 Å².